The molecule has 0 aliphatic heterocycles. The van der Waals surface area contributed by atoms with Gasteiger partial charge in [-0.05, 0) is 36.4 Å². The predicted molar refractivity (Wildman–Crippen MR) is 91.3 cm³/mol. The maximum Gasteiger partial charge on any atom is 0.255 e. The van der Waals surface area contributed by atoms with Crippen molar-refractivity contribution in [1.82, 2.24) is 0 Å². The Morgan fingerprint density at radius 3 is 2.09 bits per heavy atom. The van der Waals surface area contributed by atoms with Crippen molar-refractivity contribution in [3.8, 4) is 0 Å². The van der Waals surface area contributed by atoms with Gasteiger partial charge in [-0.1, -0.05) is 24.3 Å². The van der Waals surface area contributed by atoms with Crippen molar-refractivity contribution in [2.24, 2.45) is 5.73 Å². The second kappa shape index (κ2) is 5.81. The summed E-state index contributed by atoms with van der Waals surface area (Å²) in [6, 6.07) is 17.3. The average Bonchev–Trinajstić information content (AvgIpc) is 2.56. The molecule has 2 amide bonds. The Labute approximate surface area is 132 Å². The number of hydrogen-bond acceptors (Lipinski definition) is 3. The van der Waals surface area contributed by atoms with Crippen molar-refractivity contribution in [3.63, 3.8) is 0 Å². The van der Waals surface area contributed by atoms with Crippen molar-refractivity contribution in [2.45, 2.75) is 0 Å². The van der Waals surface area contributed by atoms with Gasteiger partial charge >= 0.3 is 0 Å². The minimum absolute atomic E-state index is 0.268. The zero-order valence-electron chi connectivity index (χ0n) is 12.2. The molecule has 114 valence electrons. The summed E-state index contributed by atoms with van der Waals surface area (Å²) in [5.74, 6) is -0.794. The molecule has 0 bridgehead atoms. The Balaban J connectivity index is 1.91. The highest BCUT2D eigenvalue weighted by atomic mass is 16.2. The zero-order chi connectivity index (χ0) is 16.4. The highest BCUT2D eigenvalue weighted by Crippen LogP contribution is 2.27. The molecule has 0 saturated carbocycles. The van der Waals surface area contributed by atoms with Gasteiger partial charge in [0, 0.05) is 33.3 Å². The molecule has 5 N–H and O–H groups in total. The lowest BCUT2D eigenvalue weighted by atomic mass is 10.1. The van der Waals surface area contributed by atoms with Crippen molar-refractivity contribution >= 4 is 34.0 Å². The second-order valence-corrected chi connectivity index (χ2v) is 5.14. The van der Waals surface area contributed by atoms with Gasteiger partial charge in [0.25, 0.3) is 5.91 Å². The van der Waals surface area contributed by atoms with Crippen LogP contribution in [-0.4, -0.2) is 11.8 Å². The molecule has 0 aliphatic carbocycles. The predicted octanol–water partition coefficient (Wildman–Crippen LogP) is 2.77. The van der Waals surface area contributed by atoms with Crippen LogP contribution in [0, 0.1) is 0 Å². The zero-order valence-corrected chi connectivity index (χ0v) is 12.2. The molecule has 3 rings (SSSR count). The van der Waals surface area contributed by atoms with E-state index in [1.54, 1.807) is 12.1 Å². The second-order valence-electron chi connectivity index (χ2n) is 5.14. The molecule has 3 aromatic carbocycles. The summed E-state index contributed by atoms with van der Waals surface area (Å²) in [4.78, 5) is 23.4. The third-order valence-electron chi connectivity index (χ3n) is 3.64. The van der Waals surface area contributed by atoms with Crippen LogP contribution in [0.2, 0.25) is 0 Å². The number of nitrogens with one attached hydrogen (secondary N) is 1. The molecule has 0 fully saturated rings. The summed E-state index contributed by atoms with van der Waals surface area (Å²) in [6.07, 6.45) is 0. The van der Waals surface area contributed by atoms with Gasteiger partial charge in [-0.25, -0.2) is 0 Å². The summed E-state index contributed by atoms with van der Waals surface area (Å²) in [5, 5.41) is 4.62. The Bertz CT molecular complexity index is 902. The Morgan fingerprint density at radius 1 is 0.783 bits per heavy atom. The van der Waals surface area contributed by atoms with Crippen LogP contribution < -0.4 is 16.8 Å². The van der Waals surface area contributed by atoms with Crippen LogP contribution in [0.3, 0.4) is 0 Å². The van der Waals surface area contributed by atoms with Gasteiger partial charge in [-0.3, -0.25) is 9.59 Å². The molecule has 0 unspecified atom stereocenters. The van der Waals surface area contributed by atoms with Crippen LogP contribution in [-0.2, 0) is 0 Å². The molecular formula is C18H15N3O2. The number of hydrogen-bond donors (Lipinski definition) is 3. The molecule has 23 heavy (non-hydrogen) atoms. The third kappa shape index (κ3) is 2.85. The van der Waals surface area contributed by atoms with Gasteiger partial charge in [0.05, 0.1) is 0 Å². The molecule has 5 nitrogen and oxygen atoms in total. The van der Waals surface area contributed by atoms with E-state index in [4.69, 9.17) is 11.5 Å². The first-order chi connectivity index (χ1) is 11.1. The quantitative estimate of drug-likeness (QED) is 0.649. The maximum absolute atomic E-state index is 12.4. The SMILES string of the molecule is NC(=O)c1ccc(C(=O)Nc2cccc3c(N)cccc23)cc1. The fraction of sp³-hybridized carbons (Fsp3) is 0. The molecular weight excluding hydrogens is 290 g/mol. The van der Waals surface area contributed by atoms with Crippen LogP contribution in [0.5, 0.6) is 0 Å². The highest BCUT2D eigenvalue weighted by Gasteiger charge is 2.10. The van der Waals surface area contributed by atoms with E-state index >= 15 is 0 Å². The molecule has 0 aliphatic rings. The molecule has 0 aromatic heterocycles. The molecule has 0 saturated heterocycles. The first kappa shape index (κ1) is 14.6. The van der Waals surface area contributed by atoms with Crippen LogP contribution in [0.4, 0.5) is 11.4 Å². The first-order valence-electron chi connectivity index (χ1n) is 7.04. The van der Waals surface area contributed by atoms with Crippen LogP contribution >= 0.6 is 0 Å². The largest absolute Gasteiger partial charge is 0.398 e. The van der Waals surface area contributed by atoms with Crippen LogP contribution in [0.15, 0.2) is 60.7 Å². The fourth-order valence-corrected chi connectivity index (χ4v) is 2.42. The Hall–Kier alpha value is -3.34. The number of benzene rings is 3. The molecule has 3 aromatic rings. The summed E-state index contributed by atoms with van der Waals surface area (Å²) >= 11 is 0. The lowest BCUT2D eigenvalue weighted by Crippen LogP contribution is -2.14. The molecule has 0 spiro atoms. The summed E-state index contributed by atoms with van der Waals surface area (Å²) in [7, 11) is 0. The minimum atomic E-state index is -0.526. The first-order valence-corrected chi connectivity index (χ1v) is 7.04. The van der Waals surface area contributed by atoms with E-state index in [-0.39, 0.29) is 5.91 Å². The number of carbonyl (C=O) groups excluding carboxylic acids is 2. The Morgan fingerprint density at radius 2 is 1.39 bits per heavy atom. The average molecular weight is 305 g/mol. The van der Waals surface area contributed by atoms with Crippen LogP contribution in [0.1, 0.15) is 20.7 Å². The van der Waals surface area contributed by atoms with Gasteiger partial charge in [-0.15, -0.1) is 0 Å². The number of fused-ring (bicyclic) bond motifs is 1. The standard InChI is InChI=1S/C18H15N3O2/c19-15-5-1-4-14-13(15)3-2-6-16(14)21-18(23)12-9-7-11(8-10-12)17(20)22/h1-10H,19H2,(H2,20,22)(H,21,23). The fourth-order valence-electron chi connectivity index (χ4n) is 2.42. The normalized spacial score (nSPS) is 10.4. The third-order valence-corrected chi connectivity index (χ3v) is 3.64. The monoisotopic (exact) mass is 305 g/mol. The number of nitrogen functional groups attached to an aromatic ring is 1. The number of nitrogens with two attached hydrogens (primary N) is 2. The van der Waals surface area contributed by atoms with Gasteiger partial charge in [0.1, 0.15) is 0 Å². The molecule has 0 heterocycles. The molecule has 5 heteroatoms. The topological polar surface area (TPSA) is 98.2 Å². The minimum Gasteiger partial charge on any atom is -0.398 e. The van der Waals surface area contributed by atoms with E-state index in [0.717, 1.165) is 10.8 Å². The number of primary amides is 1. The van der Waals surface area contributed by atoms with E-state index in [9.17, 15) is 9.59 Å². The number of anilines is 2. The van der Waals surface area contributed by atoms with E-state index < -0.39 is 5.91 Å². The Kier molecular flexibility index (Phi) is 3.68. The van der Waals surface area contributed by atoms with Gasteiger partial charge < -0.3 is 16.8 Å². The number of amides is 2. The highest BCUT2D eigenvalue weighted by molar-refractivity contribution is 6.11. The van der Waals surface area contributed by atoms with Crippen molar-refractivity contribution in [1.29, 1.82) is 0 Å². The number of carbonyl (C=O) groups is 2. The van der Waals surface area contributed by atoms with Crippen molar-refractivity contribution < 1.29 is 9.59 Å². The summed E-state index contributed by atoms with van der Waals surface area (Å²) < 4.78 is 0. The number of rotatable bonds is 3. The van der Waals surface area contributed by atoms with Gasteiger partial charge in [-0.2, -0.15) is 0 Å². The van der Waals surface area contributed by atoms with Crippen molar-refractivity contribution in [3.05, 3.63) is 71.8 Å². The smallest absolute Gasteiger partial charge is 0.255 e. The summed E-state index contributed by atoms with van der Waals surface area (Å²) in [6.45, 7) is 0. The lowest BCUT2D eigenvalue weighted by Gasteiger charge is -2.10. The van der Waals surface area contributed by atoms with E-state index in [1.165, 1.54) is 12.1 Å². The maximum atomic E-state index is 12.4. The molecule has 0 radical (unpaired) electrons. The van der Waals surface area contributed by atoms with E-state index in [0.29, 0.717) is 22.5 Å². The summed E-state index contributed by atoms with van der Waals surface area (Å²) in [5.41, 5.74) is 13.3. The van der Waals surface area contributed by atoms with Crippen molar-refractivity contribution in [2.75, 3.05) is 11.1 Å². The van der Waals surface area contributed by atoms with Crippen LogP contribution in [0.25, 0.3) is 10.8 Å². The molecule has 0 atom stereocenters. The lowest BCUT2D eigenvalue weighted by molar-refractivity contribution is 0.0995. The van der Waals surface area contributed by atoms with E-state index in [1.807, 2.05) is 36.4 Å². The van der Waals surface area contributed by atoms with Gasteiger partial charge in [0.2, 0.25) is 5.91 Å². The van der Waals surface area contributed by atoms with E-state index in [2.05, 4.69) is 5.32 Å². The van der Waals surface area contributed by atoms with Gasteiger partial charge in [0.15, 0.2) is 0 Å².